The van der Waals surface area contributed by atoms with Gasteiger partial charge in [-0.2, -0.15) is 0 Å². The summed E-state index contributed by atoms with van der Waals surface area (Å²) in [6.45, 7) is 3.18. The van der Waals surface area contributed by atoms with E-state index in [4.69, 9.17) is 0 Å². The van der Waals surface area contributed by atoms with Gasteiger partial charge in [0.25, 0.3) is 0 Å². The maximum atomic E-state index is 12.0. The predicted octanol–water partition coefficient (Wildman–Crippen LogP) is 3.23. The summed E-state index contributed by atoms with van der Waals surface area (Å²) >= 11 is 0. The number of unbranched alkanes of at least 4 members (excludes halogenated alkanes) is 1. The van der Waals surface area contributed by atoms with E-state index in [2.05, 4.69) is 12.2 Å². The fourth-order valence-electron chi connectivity index (χ4n) is 4.46. The van der Waals surface area contributed by atoms with Crippen LogP contribution in [-0.2, 0) is 4.79 Å². The quantitative estimate of drug-likeness (QED) is 0.426. The maximum absolute atomic E-state index is 12.0. The smallest absolute Gasteiger partial charge is 0.309 e. The van der Waals surface area contributed by atoms with E-state index in [1.165, 1.54) is 6.42 Å². The van der Waals surface area contributed by atoms with Crippen LogP contribution in [0.1, 0.15) is 71.1 Å². The average Bonchev–Trinajstić information content (AvgIpc) is 2.55. The van der Waals surface area contributed by atoms with Crippen LogP contribution < -0.4 is 5.32 Å². The molecule has 0 aliphatic heterocycles. The largest absolute Gasteiger partial charge is 0.481 e. The second kappa shape index (κ2) is 8.08. The van der Waals surface area contributed by atoms with Crippen LogP contribution in [0.5, 0.6) is 0 Å². The van der Waals surface area contributed by atoms with E-state index >= 15 is 0 Å². The molecule has 0 saturated heterocycles. The Balaban J connectivity index is 1.92. The molecule has 0 aromatic rings. The summed E-state index contributed by atoms with van der Waals surface area (Å²) < 4.78 is 0. The van der Waals surface area contributed by atoms with Crippen molar-refractivity contribution in [3.8, 4) is 0 Å². The van der Waals surface area contributed by atoms with Crippen molar-refractivity contribution in [2.24, 2.45) is 11.3 Å². The van der Waals surface area contributed by atoms with Crippen LogP contribution in [-0.4, -0.2) is 34.6 Å². The van der Waals surface area contributed by atoms with Gasteiger partial charge in [0.1, 0.15) is 0 Å². The van der Waals surface area contributed by atoms with Crippen LogP contribution in [0, 0.1) is 21.4 Å². The lowest BCUT2D eigenvalue weighted by atomic mass is 9.60. The zero-order chi connectivity index (χ0) is 16.9. The molecule has 2 aliphatic rings. The van der Waals surface area contributed by atoms with Crippen LogP contribution in [0.3, 0.4) is 0 Å². The van der Waals surface area contributed by atoms with Crippen LogP contribution in [0.25, 0.3) is 0 Å². The predicted molar refractivity (Wildman–Crippen MR) is 88.0 cm³/mol. The van der Waals surface area contributed by atoms with E-state index in [1.54, 1.807) is 0 Å². The van der Waals surface area contributed by atoms with Gasteiger partial charge in [-0.25, -0.2) is 0 Å². The maximum Gasteiger partial charge on any atom is 0.309 e. The van der Waals surface area contributed by atoms with E-state index in [0.717, 1.165) is 25.8 Å². The minimum Gasteiger partial charge on any atom is -0.481 e. The molecule has 0 bridgehead atoms. The lowest BCUT2D eigenvalue weighted by molar-refractivity contribution is -0.527. The van der Waals surface area contributed by atoms with E-state index in [1.807, 2.05) is 0 Å². The second-order valence-corrected chi connectivity index (χ2v) is 7.33. The van der Waals surface area contributed by atoms with Gasteiger partial charge >= 0.3 is 5.97 Å². The molecule has 0 spiro atoms. The number of rotatable bonds is 7. The Labute approximate surface area is 138 Å². The van der Waals surface area contributed by atoms with E-state index in [9.17, 15) is 20.0 Å². The fraction of sp³-hybridized carbons (Fsp3) is 0.941. The van der Waals surface area contributed by atoms with Gasteiger partial charge in [-0.3, -0.25) is 14.9 Å². The Bertz CT molecular complexity index is 411. The number of nitrogens with one attached hydrogen (secondary N) is 1. The number of carbonyl (C=O) groups is 1. The van der Waals surface area contributed by atoms with Crippen LogP contribution >= 0.6 is 0 Å². The molecule has 2 rings (SSSR count). The Morgan fingerprint density at radius 3 is 2.30 bits per heavy atom. The third-order valence-corrected chi connectivity index (χ3v) is 6.04. The highest BCUT2D eigenvalue weighted by atomic mass is 16.6. The molecule has 0 radical (unpaired) electrons. The van der Waals surface area contributed by atoms with Crippen LogP contribution in [0.4, 0.5) is 0 Å². The first-order valence-electron chi connectivity index (χ1n) is 9.10. The van der Waals surface area contributed by atoms with Crippen LogP contribution in [0.15, 0.2) is 0 Å². The highest BCUT2D eigenvalue weighted by Crippen LogP contribution is 2.48. The minimum absolute atomic E-state index is 0.104. The third-order valence-electron chi connectivity index (χ3n) is 6.04. The number of carboxylic acids is 1. The van der Waals surface area contributed by atoms with Gasteiger partial charge in [0, 0.05) is 23.8 Å². The van der Waals surface area contributed by atoms with Gasteiger partial charge in [-0.1, -0.05) is 13.3 Å². The SMILES string of the molecule is CCCCNC1CCC(C(=O)O)(C2CCC([N+](=O)[O-])CC2)CC1. The molecule has 0 atom stereocenters. The summed E-state index contributed by atoms with van der Waals surface area (Å²) in [5.74, 6) is -0.582. The molecule has 0 aromatic heterocycles. The van der Waals surface area contributed by atoms with Crippen molar-refractivity contribution in [1.29, 1.82) is 0 Å². The van der Waals surface area contributed by atoms with Gasteiger partial charge < -0.3 is 10.4 Å². The zero-order valence-corrected chi connectivity index (χ0v) is 14.1. The third kappa shape index (κ3) is 4.22. The molecule has 23 heavy (non-hydrogen) atoms. The second-order valence-electron chi connectivity index (χ2n) is 7.33. The average molecular weight is 326 g/mol. The summed E-state index contributed by atoms with van der Waals surface area (Å²) in [7, 11) is 0. The first-order chi connectivity index (χ1) is 11.0. The number of hydrogen-bond donors (Lipinski definition) is 2. The summed E-state index contributed by atoms with van der Waals surface area (Å²) in [5.41, 5.74) is -0.648. The van der Waals surface area contributed by atoms with Crippen LogP contribution in [0.2, 0.25) is 0 Å². The molecule has 0 amide bonds. The summed E-state index contributed by atoms with van der Waals surface area (Å²) in [6.07, 6.45) is 7.99. The van der Waals surface area contributed by atoms with Crippen molar-refractivity contribution < 1.29 is 14.8 Å². The highest BCUT2D eigenvalue weighted by Gasteiger charge is 2.49. The monoisotopic (exact) mass is 326 g/mol. The Hall–Kier alpha value is -1.17. The first kappa shape index (κ1) is 18.2. The standard InChI is InChI=1S/C17H30N2O4/c1-2-3-12-18-14-8-10-17(11-9-14,16(20)21)13-4-6-15(7-5-13)19(22)23/h13-15,18H,2-12H2,1H3,(H,20,21). The molecule has 132 valence electrons. The molecule has 2 aliphatic carbocycles. The number of carboxylic acid groups (broad SMARTS) is 1. The summed E-state index contributed by atoms with van der Waals surface area (Å²) in [6, 6.07) is -0.0340. The van der Waals surface area contributed by atoms with Crippen molar-refractivity contribution >= 4 is 5.97 Å². The van der Waals surface area contributed by atoms with Crippen molar-refractivity contribution in [2.45, 2.75) is 83.2 Å². The molecular weight excluding hydrogens is 296 g/mol. The van der Waals surface area contributed by atoms with E-state index < -0.39 is 17.4 Å². The number of nitrogens with zero attached hydrogens (tertiary/aromatic N) is 1. The summed E-state index contributed by atoms with van der Waals surface area (Å²) in [4.78, 5) is 22.7. The van der Waals surface area contributed by atoms with Crippen molar-refractivity contribution in [2.75, 3.05) is 6.54 Å². The fourth-order valence-corrected chi connectivity index (χ4v) is 4.46. The Kier molecular flexibility index (Phi) is 6.39. The lowest BCUT2D eigenvalue weighted by Crippen LogP contribution is -2.47. The van der Waals surface area contributed by atoms with Gasteiger partial charge in [0.2, 0.25) is 6.04 Å². The molecular formula is C17H30N2O4. The van der Waals surface area contributed by atoms with Gasteiger partial charge in [0.05, 0.1) is 5.41 Å². The van der Waals surface area contributed by atoms with Crippen molar-refractivity contribution in [3.05, 3.63) is 10.1 Å². The number of nitro groups is 1. The topological polar surface area (TPSA) is 92.5 Å². The molecule has 0 heterocycles. The van der Waals surface area contributed by atoms with Gasteiger partial charge in [-0.15, -0.1) is 0 Å². The normalized spacial score (nSPS) is 34.9. The van der Waals surface area contributed by atoms with Gasteiger partial charge in [-0.05, 0) is 57.4 Å². The highest BCUT2D eigenvalue weighted by molar-refractivity contribution is 5.75. The first-order valence-corrected chi connectivity index (χ1v) is 9.10. The molecule has 2 N–H and O–H groups in total. The van der Waals surface area contributed by atoms with Gasteiger partial charge in [0.15, 0.2) is 0 Å². The number of aliphatic carboxylic acids is 1. The molecule has 0 aromatic carbocycles. The molecule has 2 fully saturated rings. The van der Waals surface area contributed by atoms with Crippen molar-refractivity contribution in [1.82, 2.24) is 5.32 Å². The van der Waals surface area contributed by atoms with E-state index in [-0.39, 0.29) is 10.8 Å². The molecule has 6 nitrogen and oxygen atoms in total. The summed E-state index contributed by atoms with van der Waals surface area (Å²) in [5, 5.41) is 24.3. The minimum atomic E-state index is -0.686. The zero-order valence-electron chi connectivity index (χ0n) is 14.1. The lowest BCUT2D eigenvalue weighted by Gasteiger charge is -2.44. The van der Waals surface area contributed by atoms with Crippen molar-refractivity contribution in [3.63, 3.8) is 0 Å². The molecule has 6 heteroatoms. The molecule has 0 unspecified atom stereocenters. The Morgan fingerprint density at radius 2 is 1.83 bits per heavy atom. The van der Waals surface area contributed by atoms with E-state index in [0.29, 0.717) is 44.6 Å². The molecule has 2 saturated carbocycles. The Morgan fingerprint density at radius 1 is 1.22 bits per heavy atom. The number of hydrogen-bond acceptors (Lipinski definition) is 4.